The van der Waals surface area contributed by atoms with Crippen LogP contribution in [0.1, 0.15) is 26.7 Å². The van der Waals surface area contributed by atoms with Crippen LogP contribution >= 0.6 is 0 Å². The summed E-state index contributed by atoms with van der Waals surface area (Å²) in [6.07, 6.45) is -2.74. The van der Waals surface area contributed by atoms with E-state index < -0.39 is 17.7 Å². The van der Waals surface area contributed by atoms with Crippen LogP contribution < -0.4 is 9.64 Å². The number of rotatable bonds is 4. The molecule has 2 heterocycles. The van der Waals surface area contributed by atoms with Gasteiger partial charge in [-0.25, -0.2) is 9.97 Å². The van der Waals surface area contributed by atoms with Gasteiger partial charge in [0.25, 0.3) is 0 Å². The molecule has 0 amide bonds. The van der Waals surface area contributed by atoms with E-state index in [4.69, 9.17) is 4.74 Å². The third kappa shape index (κ3) is 3.43. The number of aromatic nitrogens is 2. The minimum Gasteiger partial charge on any atom is -0.478 e. The first kappa shape index (κ1) is 16.8. The van der Waals surface area contributed by atoms with Gasteiger partial charge in [-0.05, 0) is 32.6 Å². The number of anilines is 1. The van der Waals surface area contributed by atoms with Crippen molar-refractivity contribution >= 4 is 5.82 Å². The van der Waals surface area contributed by atoms with Gasteiger partial charge in [0.2, 0.25) is 5.88 Å². The average Bonchev–Trinajstić information content (AvgIpc) is 2.47. The summed E-state index contributed by atoms with van der Waals surface area (Å²) < 4.78 is 43.9. The Bertz CT molecular complexity index is 500. The van der Waals surface area contributed by atoms with Crippen LogP contribution in [0.2, 0.25) is 0 Å². The quantitative estimate of drug-likeness (QED) is 0.923. The molecule has 1 aromatic rings. The standard InChI is InChI=1S/C14H20F3N3O2/c1-3-22-12-8-11(18-9-19-12)20-6-4-10(5-7-20)13(2,21)14(15,16)17/h8-10,21H,3-7H2,1-2H3/t13-/m0/s1. The van der Waals surface area contributed by atoms with Crippen molar-refractivity contribution in [2.24, 2.45) is 5.92 Å². The van der Waals surface area contributed by atoms with E-state index in [9.17, 15) is 18.3 Å². The minimum atomic E-state index is -4.61. The van der Waals surface area contributed by atoms with Gasteiger partial charge < -0.3 is 14.7 Å². The Balaban J connectivity index is 2.02. The van der Waals surface area contributed by atoms with Crippen molar-refractivity contribution in [3.63, 3.8) is 0 Å². The normalized spacial score (nSPS) is 19.8. The van der Waals surface area contributed by atoms with Crippen molar-refractivity contribution in [2.45, 2.75) is 38.5 Å². The van der Waals surface area contributed by atoms with Crippen LogP contribution in [0.25, 0.3) is 0 Å². The average molecular weight is 319 g/mol. The second kappa shape index (κ2) is 6.28. The lowest BCUT2D eigenvalue weighted by Crippen LogP contribution is -2.52. The van der Waals surface area contributed by atoms with Crippen molar-refractivity contribution in [1.29, 1.82) is 0 Å². The van der Waals surface area contributed by atoms with Crippen LogP contribution in [0, 0.1) is 5.92 Å². The number of piperidine rings is 1. The van der Waals surface area contributed by atoms with E-state index in [2.05, 4.69) is 9.97 Å². The molecule has 0 saturated carbocycles. The van der Waals surface area contributed by atoms with Crippen LogP contribution in [0.15, 0.2) is 12.4 Å². The molecule has 1 N–H and O–H groups in total. The molecule has 0 spiro atoms. The number of halogens is 3. The van der Waals surface area contributed by atoms with Crippen molar-refractivity contribution in [1.82, 2.24) is 9.97 Å². The lowest BCUT2D eigenvalue weighted by Gasteiger charge is -2.40. The molecule has 22 heavy (non-hydrogen) atoms. The van der Waals surface area contributed by atoms with Gasteiger partial charge in [-0.15, -0.1) is 0 Å². The van der Waals surface area contributed by atoms with Crippen molar-refractivity contribution in [3.05, 3.63) is 12.4 Å². The maximum Gasteiger partial charge on any atom is 0.417 e. The van der Waals surface area contributed by atoms with E-state index in [1.54, 1.807) is 6.07 Å². The Kier molecular flexibility index (Phi) is 4.79. The number of nitrogens with zero attached hydrogens (tertiary/aromatic N) is 3. The minimum absolute atomic E-state index is 0.250. The molecule has 1 aliphatic rings. The number of hydrogen-bond acceptors (Lipinski definition) is 5. The summed E-state index contributed by atoms with van der Waals surface area (Å²) in [6, 6.07) is 1.67. The number of alkyl halides is 3. The van der Waals surface area contributed by atoms with Gasteiger partial charge in [-0.2, -0.15) is 13.2 Å². The fraction of sp³-hybridized carbons (Fsp3) is 0.714. The molecule has 1 aliphatic heterocycles. The predicted octanol–water partition coefficient (Wildman–Crippen LogP) is 2.41. The molecule has 1 aromatic heterocycles. The lowest BCUT2D eigenvalue weighted by atomic mass is 9.81. The third-order valence-electron chi connectivity index (χ3n) is 4.11. The van der Waals surface area contributed by atoms with Crippen LogP contribution in [-0.4, -0.2) is 46.5 Å². The Morgan fingerprint density at radius 3 is 2.50 bits per heavy atom. The van der Waals surface area contributed by atoms with Crippen LogP contribution in [0.5, 0.6) is 5.88 Å². The van der Waals surface area contributed by atoms with Gasteiger partial charge in [0, 0.05) is 19.2 Å². The fourth-order valence-electron chi connectivity index (χ4n) is 2.63. The van der Waals surface area contributed by atoms with E-state index in [1.807, 2.05) is 11.8 Å². The van der Waals surface area contributed by atoms with E-state index in [0.717, 1.165) is 6.92 Å². The van der Waals surface area contributed by atoms with E-state index >= 15 is 0 Å². The number of aliphatic hydroxyl groups is 1. The largest absolute Gasteiger partial charge is 0.478 e. The zero-order valence-electron chi connectivity index (χ0n) is 12.6. The molecule has 0 bridgehead atoms. The Morgan fingerprint density at radius 1 is 1.32 bits per heavy atom. The van der Waals surface area contributed by atoms with Crippen LogP contribution in [-0.2, 0) is 0 Å². The molecule has 0 unspecified atom stereocenters. The second-order valence-corrected chi connectivity index (χ2v) is 5.55. The summed E-state index contributed by atoms with van der Waals surface area (Å²) in [6.45, 7) is 3.98. The molecule has 1 atom stereocenters. The third-order valence-corrected chi connectivity index (χ3v) is 4.11. The van der Waals surface area contributed by atoms with Crippen molar-refractivity contribution < 1.29 is 23.0 Å². The highest BCUT2D eigenvalue weighted by atomic mass is 19.4. The molecule has 0 radical (unpaired) electrons. The summed E-state index contributed by atoms with van der Waals surface area (Å²) in [5.74, 6) is 0.261. The molecule has 1 fully saturated rings. The summed E-state index contributed by atoms with van der Waals surface area (Å²) in [5.41, 5.74) is -2.65. The van der Waals surface area contributed by atoms with Gasteiger partial charge in [-0.3, -0.25) is 0 Å². The molecule has 5 nitrogen and oxygen atoms in total. The van der Waals surface area contributed by atoms with Crippen molar-refractivity contribution in [2.75, 3.05) is 24.6 Å². The highest BCUT2D eigenvalue weighted by Gasteiger charge is 2.54. The zero-order valence-corrected chi connectivity index (χ0v) is 12.6. The van der Waals surface area contributed by atoms with Gasteiger partial charge in [-0.1, -0.05) is 0 Å². The van der Waals surface area contributed by atoms with Crippen LogP contribution in [0.4, 0.5) is 19.0 Å². The maximum absolute atomic E-state index is 12.9. The smallest absolute Gasteiger partial charge is 0.417 e. The zero-order chi connectivity index (χ0) is 16.4. The SMILES string of the molecule is CCOc1cc(N2CCC([C@](C)(O)C(F)(F)F)CC2)ncn1. The number of ether oxygens (including phenoxy) is 1. The van der Waals surface area contributed by atoms with Crippen molar-refractivity contribution in [3.8, 4) is 5.88 Å². The number of hydrogen-bond donors (Lipinski definition) is 1. The monoisotopic (exact) mass is 319 g/mol. The molecular weight excluding hydrogens is 299 g/mol. The summed E-state index contributed by atoms with van der Waals surface area (Å²) in [4.78, 5) is 9.98. The Hall–Kier alpha value is -1.57. The molecule has 1 saturated heterocycles. The molecule has 0 aliphatic carbocycles. The molecule has 0 aromatic carbocycles. The van der Waals surface area contributed by atoms with Gasteiger partial charge >= 0.3 is 6.18 Å². The highest BCUT2D eigenvalue weighted by molar-refractivity contribution is 5.41. The van der Waals surface area contributed by atoms with Gasteiger partial charge in [0.15, 0.2) is 5.60 Å². The summed E-state index contributed by atoms with van der Waals surface area (Å²) in [7, 11) is 0. The molecule has 2 rings (SSSR count). The highest BCUT2D eigenvalue weighted by Crippen LogP contribution is 2.40. The first-order valence-electron chi connectivity index (χ1n) is 7.24. The van der Waals surface area contributed by atoms with Gasteiger partial charge in [0.05, 0.1) is 6.61 Å². The first-order valence-corrected chi connectivity index (χ1v) is 7.24. The molecule has 124 valence electrons. The first-order chi connectivity index (χ1) is 10.3. The van der Waals surface area contributed by atoms with E-state index in [1.165, 1.54) is 6.33 Å². The maximum atomic E-state index is 12.9. The lowest BCUT2D eigenvalue weighted by molar-refractivity contribution is -0.273. The summed E-state index contributed by atoms with van der Waals surface area (Å²) in [5, 5.41) is 9.76. The molecular formula is C14H20F3N3O2. The van der Waals surface area contributed by atoms with E-state index in [0.29, 0.717) is 31.4 Å². The predicted molar refractivity (Wildman–Crippen MR) is 74.8 cm³/mol. The Labute approximate surface area is 127 Å². The topological polar surface area (TPSA) is 58.5 Å². The molecule has 8 heteroatoms. The van der Waals surface area contributed by atoms with Crippen LogP contribution in [0.3, 0.4) is 0 Å². The Morgan fingerprint density at radius 2 is 1.95 bits per heavy atom. The van der Waals surface area contributed by atoms with E-state index in [-0.39, 0.29) is 12.8 Å². The summed E-state index contributed by atoms with van der Waals surface area (Å²) >= 11 is 0. The fourth-order valence-corrected chi connectivity index (χ4v) is 2.63. The second-order valence-electron chi connectivity index (χ2n) is 5.55. The van der Waals surface area contributed by atoms with Gasteiger partial charge in [0.1, 0.15) is 12.1 Å².